The molecule has 0 bridgehead atoms. The monoisotopic (exact) mass is 418 g/mol. The van der Waals surface area contributed by atoms with Crippen LogP contribution in [-0.4, -0.2) is 34.6 Å². The Morgan fingerprint density at radius 1 is 0.839 bits per heavy atom. The predicted molar refractivity (Wildman–Crippen MR) is 122 cm³/mol. The second-order valence-corrected chi connectivity index (χ2v) is 8.33. The molecule has 5 nitrogen and oxygen atoms in total. The summed E-state index contributed by atoms with van der Waals surface area (Å²) in [5, 5.41) is 0. The van der Waals surface area contributed by atoms with Gasteiger partial charge in [0.15, 0.2) is 0 Å². The van der Waals surface area contributed by atoms with E-state index in [0.29, 0.717) is 37.7 Å². The van der Waals surface area contributed by atoms with Gasteiger partial charge in [-0.15, -0.1) is 0 Å². The fourth-order valence-corrected chi connectivity index (χ4v) is 3.08. The van der Waals surface area contributed by atoms with Gasteiger partial charge in [-0.3, -0.25) is 4.79 Å². The molecule has 0 aliphatic heterocycles. The molecule has 0 aliphatic rings. The standard InChI is InChI=1S/C26H30N2O3/c1-26(2,3)31-17-16-30-24-15-14-23(18-27-24)25(29)28(19-21-10-6-4-7-11-21)20-22-12-8-5-9-13-22/h4-15,18H,16-17,19-20H2,1-3H3. The first-order chi connectivity index (χ1) is 14.9. The van der Waals surface area contributed by atoms with Gasteiger partial charge in [-0.05, 0) is 38.0 Å². The smallest absolute Gasteiger partial charge is 0.256 e. The van der Waals surface area contributed by atoms with E-state index in [4.69, 9.17) is 9.47 Å². The van der Waals surface area contributed by atoms with Crippen molar-refractivity contribution in [2.24, 2.45) is 0 Å². The van der Waals surface area contributed by atoms with Crippen molar-refractivity contribution in [2.75, 3.05) is 13.2 Å². The molecule has 3 rings (SSSR count). The number of hydrogen-bond acceptors (Lipinski definition) is 4. The number of rotatable bonds is 9. The molecular formula is C26H30N2O3. The molecule has 1 heterocycles. The molecule has 162 valence electrons. The number of carbonyl (C=O) groups excluding carboxylic acids is 1. The van der Waals surface area contributed by atoms with Gasteiger partial charge in [0.1, 0.15) is 6.61 Å². The van der Waals surface area contributed by atoms with E-state index < -0.39 is 0 Å². The number of pyridine rings is 1. The number of benzene rings is 2. The summed E-state index contributed by atoms with van der Waals surface area (Å²) in [5.41, 5.74) is 2.50. The molecule has 31 heavy (non-hydrogen) atoms. The van der Waals surface area contributed by atoms with Gasteiger partial charge < -0.3 is 14.4 Å². The summed E-state index contributed by atoms with van der Waals surface area (Å²) in [6.45, 7) is 7.94. The highest BCUT2D eigenvalue weighted by Gasteiger charge is 2.17. The highest BCUT2D eigenvalue weighted by molar-refractivity contribution is 5.93. The van der Waals surface area contributed by atoms with Crippen LogP contribution in [0.3, 0.4) is 0 Å². The molecule has 0 saturated carbocycles. The van der Waals surface area contributed by atoms with E-state index in [1.54, 1.807) is 18.3 Å². The lowest BCUT2D eigenvalue weighted by molar-refractivity contribution is -0.0168. The maximum Gasteiger partial charge on any atom is 0.256 e. The molecule has 0 N–H and O–H groups in total. The largest absolute Gasteiger partial charge is 0.475 e. The predicted octanol–water partition coefficient (Wildman–Crippen LogP) is 5.12. The molecule has 3 aromatic rings. The average molecular weight is 419 g/mol. The summed E-state index contributed by atoms with van der Waals surface area (Å²) in [7, 11) is 0. The van der Waals surface area contributed by atoms with Crippen molar-refractivity contribution in [2.45, 2.75) is 39.5 Å². The first-order valence-corrected chi connectivity index (χ1v) is 10.5. The first-order valence-electron chi connectivity index (χ1n) is 10.5. The Kier molecular flexibility index (Phi) is 7.79. The van der Waals surface area contributed by atoms with Gasteiger partial charge in [0.25, 0.3) is 5.91 Å². The Balaban J connectivity index is 1.66. The second-order valence-electron chi connectivity index (χ2n) is 8.33. The number of aromatic nitrogens is 1. The highest BCUT2D eigenvalue weighted by atomic mass is 16.5. The average Bonchev–Trinajstić information content (AvgIpc) is 2.77. The van der Waals surface area contributed by atoms with E-state index in [1.165, 1.54) is 0 Å². The molecule has 0 atom stereocenters. The molecule has 1 amide bonds. The molecule has 0 radical (unpaired) electrons. The molecule has 0 aliphatic carbocycles. The lowest BCUT2D eigenvalue weighted by Gasteiger charge is -2.23. The minimum Gasteiger partial charge on any atom is -0.475 e. The number of nitrogens with zero attached hydrogens (tertiary/aromatic N) is 2. The second kappa shape index (κ2) is 10.7. The first kappa shape index (κ1) is 22.5. The van der Waals surface area contributed by atoms with Crippen molar-refractivity contribution in [3.63, 3.8) is 0 Å². The Labute approximate surface area is 184 Å². The van der Waals surface area contributed by atoms with Crippen LogP contribution in [0.5, 0.6) is 5.88 Å². The minimum absolute atomic E-state index is 0.0668. The molecule has 0 saturated heterocycles. The van der Waals surface area contributed by atoms with Crippen molar-refractivity contribution in [1.29, 1.82) is 0 Å². The topological polar surface area (TPSA) is 51.7 Å². The van der Waals surface area contributed by atoms with Crippen molar-refractivity contribution in [3.05, 3.63) is 95.7 Å². The van der Waals surface area contributed by atoms with Crippen LogP contribution in [0.15, 0.2) is 79.0 Å². The quantitative estimate of drug-likeness (QED) is 0.453. The van der Waals surface area contributed by atoms with Crippen LogP contribution in [0.25, 0.3) is 0 Å². The van der Waals surface area contributed by atoms with Crippen LogP contribution in [0.2, 0.25) is 0 Å². The maximum atomic E-state index is 13.3. The third-order valence-corrected chi connectivity index (χ3v) is 4.57. The van der Waals surface area contributed by atoms with Gasteiger partial charge >= 0.3 is 0 Å². The third kappa shape index (κ3) is 7.54. The van der Waals surface area contributed by atoms with Crippen molar-refractivity contribution in [1.82, 2.24) is 9.88 Å². The third-order valence-electron chi connectivity index (χ3n) is 4.57. The summed E-state index contributed by atoms with van der Waals surface area (Å²) >= 11 is 0. The summed E-state index contributed by atoms with van der Waals surface area (Å²) in [4.78, 5) is 19.4. The van der Waals surface area contributed by atoms with Crippen LogP contribution in [0.4, 0.5) is 0 Å². The Morgan fingerprint density at radius 3 is 1.90 bits per heavy atom. The summed E-state index contributed by atoms with van der Waals surface area (Å²) in [6.07, 6.45) is 1.57. The highest BCUT2D eigenvalue weighted by Crippen LogP contribution is 2.16. The van der Waals surface area contributed by atoms with E-state index in [1.807, 2.05) is 86.3 Å². The minimum atomic E-state index is -0.200. The number of amides is 1. The van der Waals surface area contributed by atoms with Gasteiger partial charge in [-0.25, -0.2) is 4.98 Å². The molecule has 0 spiro atoms. The lowest BCUT2D eigenvalue weighted by Crippen LogP contribution is -2.30. The molecule has 0 unspecified atom stereocenters. The molecule has 5 heteroatoms. The van der Waals surface area contributed by atoms with E-state index in [9.17, 15) is 4.79 Å². The Bertz CT molecular complexity index is 894. The normalized spacial score (nSPS) is 11.2. The summed E-state index contributed by atoms with van der Waals surface area (Å²) in [6, 6.07) is 23.5. The van der Waals surface area contributed by atoms with Crippen LogP contribution in [0, 0.1) is 0 Å². The Morgan fingerprint density at radius 2 is 1.42 bits per heavy atom. The van der Waals surface area contributed by atoms with Crippen molar-refractivity contribution in [3.8, 4) is 5.88 Å². The SMILES string of the molecule is CC(C)(C)OCCOc1ccc(C(=O)N(Cc2ccccc2)Cc2ccccc2)cn1. The van der Waals surface area contributed by atoms with E-state index in [-0.39, 0.29) is 11.5 Å². The molecule has 0 fully saturated rings. The Hall–Kier alpha value is -3.18. The van der Waals surface area contributed by atoms with Crippen LogP contribution < -0.4 is 4.74 Å². The zero-order chi connectivity index (χ0) is 22.1. The zero-order valence-corrected chi connectivity index (χ0v) is 18.5. The van der Waals surface area contributed by atoms with Gasteiger partial charge in [0.2, 0.25) is 5.88 Å². The fraction of sp³-hybridized carbons (Fsp3) is 0.308. The number of ether oxygens (including phenoxy) is 2. The maximum absolute atomic E-state index is 13.3. The molecule has 2 aromatic carbocycles. The number of carbonyl (C=O) groups is 1. The van der Waals surface area contributed by atoms with Crippen LogP contribution in [0.1, 0.15) is 42.3 Å². The fourth-order valence-electron chi connectivity index (χ4n) is 3.08. The zero-order valence-electron chi connectivity index (χ0n) is 18.5. The van der Waals surface area contributed by atoms with E-state index >= 15 is 0 Å². The van der Waals surface area contributed by atoms with E-state index in [0.717, 1.165) is 11.1 Å². The van der Waals surface area contributed by atoms with Gasteiger partial charge in [-0.2, -0.15) is 0 Å². The van der Waals surface area contributed by atoms with E-state index in [2.05, 4.69) is 4.98 Å². The van der Waals surface area contributed by atoms with Gasteiger partial charge in [-0.1, -0.05) is 60.7 Å². The van der Waals surface area contributed by atoms with Crippen LogP contribution >= 0.6 is 0 Å². The van der Waals surface area contributed by atoms with Gasteiger partial charge in [0, 0.05) is 25.4 Å². The van der Waals surface area contributed by atoms with Crippen molar-refractivity contribution < 1.29 is 14.3 Å². The van der Waals surface area contributed by atoms with Crippen molar-refractivity contribution >= 4 is 5.91 Å². The summed E-state index contributed by atoms with van der Waals surface area (Å²) in [5.74, 6) is 0.412. The number of hydrogen-bond donors (Lipinski definition) is 0. The lowest BCUT2D eigenvalue weighted by atomic mass is 10.1. The molecule has 1 aromatic heterocycles. The molecular weight excluding hydrogens is 388 g/mol. The van der Waals surface area contributed by atoms with Gasteiger partial charge in [0.05, 0.1) is 17.8 Å². The van der Waals surface area contributed by atoms with Crippen LogP contribution in [-0.2, 0) is 17.8 Å². The summed E-state index contributed by atoms with van der Waals surface area (Å²) < 4.78 is 11.3.